The zero-order valence-corrected chi connectivity index (χ0v) is 17.1. The summed E-state index contributed by atoms with van der Waals surface area (Å²) in [6, 6.07) is 6.51. The Morgan fingerprint density at radius 2 is 2.11 bits per heavy atom. The summed E-state index contributed by atoms with van der Waals surface area (Å²) in [4.78, 5) is 11.7. The minimum atomic E-state index is -1.10. The van der Waals surface area contributed by atoms with Crippen molar-refractivity contribution in [3.8, 4) is 17.6 Å². The molecule has 0 spiro atoms. The van der Waals surface area contributed by atoms with Gasteiger partial charge in [0.15, 0.2) is 0 Å². The van der Waals surface area contributed by atoms with Gasteiger partial charge >= 0.3 is 5.97 Å². The van der Waals surface area contributed by atoms with Crippen LogP contribution in [0.4, 0.5) is 0 Å². The largest absolute Gasteiger partial charge is 0.497 e. The lowest BCUT2D eigenvalue weighted by atomic mass is 9.53. The quantitative estimate of drug-likeness (QED) is 0.480. The number of carbonyl (C=O) groups is 1. The smallest absolute Gasteiger partial charge is 0.384 e. The van der Waals surface area contributed by atoms with Crippen molar-refractivity contribution in [2.75, 3.05) is 13.7 Å². The molecule has 28 heavy (non-hydrogen) atoms. The molecule has 1 aromatic carbocycles. The van der Waals surface area contributed by atoms with Gasteiger partial charge in [0.2, 0.25) is 0 Å². The Kier molecular flexibility index (Phi) is 4.91. The molecule has 0 heterocycles. The van der Waals surface area contributed by atoms with Crippen LogP contribution in [0.1, 0.15) is 63.0 Å². The highest BCUT2D eigenvalue weighted by Crippen LogP contribution is 2.64. The summed E-state index contributed by atoms with van der Waals surface area (Å²) in [6.07, 6.45) is 5.80. The minimum absolute atomic E-state index is 0.266. The number of benzene rings is 1. The van der Waals surface area contributed by atoms with Crippen molar-refractivity contribution in [1.29, 1.82) is 0 Å². The predicted octanol–water partition coefficient (Wildman–Crippen LogP) is 3.85. The average molecular weight is 383 g/mol. The molecular weight excluding hydrogens is 352 g/mol. The number of aliphatic hydroxyl groups is 1. The molecule has 1 N–H and O–H groups in total. The van der Waals surface area contributed by atoms with E-state index in [1.807, 2.05) is 0 Å². The van der Waals surface area contributed by atoms with Crippen molar-refractivity contribution in [2.45, 2.75) is 63.9 Å². The van der Waals surface area contributed by atoms with Gasteiger partial charge in [0.1, 0.15) is 11.4 Å². The van der Waals surface area contributed by atoms with E-state index >= 15 is 0 Å². The van der Waals surface area contributed by atoms with Crippen molar-refractivity contribution in [3.05, 3.63) is 29.3 Å². The van der Waals surface area contributed by atoms with Gasteiger partial charge in [-0.25, -0.2) is 4.79 Å². The van der Waals surface area contributed by atoms with Crippen LogP contribution in [0.2, 0.25) is 0 Å². The Hall–Kier alpha value is -1.99. The molecule has 3 unspecified atom stereocenters. The minimum Gasteiger partial charge on any atom is -0.497 e. The molecule has 4 heteroatoms. The maximum absolute atomic E-state index is 11.7. The van der Waals surface area contributed by atoms with E-state index in [1.165, 1.54) is 11.1 Å². The molecule has 4 rings (SSSR count). The van der Waals surface area contributed by atoms with Crippen LogP contribution in [0.25, 0.3) is 0 Å². The van der Waals surface area contributed by atoms with Gasteiger partial charge in [-0.2, -0.15) is 0 Å². The first-order chi connectivity index (χ1) is 13.4. The van der Waals surface area contributed by atoms with Gasteiger partial charge in [0.05, 0.1) is 13.7 Å². The van der Waals surface area contributed by atoms with Gasteiger partial charge in [0.25, 0.3) is 0 Å². The molecule has 0 saturated heterocycles. The van der Waals surface area contributed by atoms with Crippen LogP contribution >= 0.6 is 0 Å². The molecular formula is C24H30O4. The molecule has 3 aliphatic rings. The van der Waals surface area contributed by atoms with Crippen molar-refractivity contribution in [2.24, 2.45) is 17.3 Å². The maximum Gasteiger partial charge on any atom is 0.384 e. The highest BCUT2D eigenvalue weighted by Gasteiger charge is 2.61. The zero-order chi connectivity index (χ0) is 19.9. The van der Waals surface area contributed by atoms with Crippen molar-refractivity contribution in [1.82, 2.24) is 0 Å². The third-order valence-corrected chi connectivity index (χ3v) is 7.73. The molecule has 0 bridgehead atoms. The van der Waals surface area contributed by atoms with Gasteiger partial charge < -0.3 is 14.6 Å². The first-order valence-corrected chi connectivity index (χ1v) is 10.5. The molecule has 2 fully saturated rings. The molecule has 150 valence electrons. The van der Waals surface area contributed by atoms with Crippen molar-refractivity contribution >= 4 is 5.97 Å². The summed E-state index contributed by atoms with van der Waals surface area (Å²) >= 11 is 0. The van der Waals surface area contributed by atoms with Crippen LogP contribution in [-0.2, 0) is 16.0 Å². The Morgan fingerprint density at radius 1 is 1.29 bits per heavy atom. The highest BCUT2D eigenvalue weighted by molar-refractivity contribution is 5.88. The van der Waals surface area contributed by atoms with Crippen molar-refractivity contribution in [3.63, 3.8) is 0 Å². The van der Waals surface area contributed by atoms with Crippen LogP contribution < -0.4 is 4.74 Å². The number of hydrogen-bond donors (Lipinski definition) is 1. The molecule has 0 amide bonds. The van der Waals surface area contributed by atoms with E-state index < -0.39 is 11.6 Å². The number of fused-ring (bicyclic) bond motifs is 5. The van der Waals surface area contributed by atoms with Crippen LogP contribution in [-0.4, -0.2) is 30.4 Å². The summed E-state index contributed by atoms with van der Waals surface area (Å²) in [6.45, 7) is 4.25. The van der Waals surface area contributed by atoms with E-state index in [0.29, 0.717) is 30.8 Å². The Labute approximate surface area is 167 Å². The lowest BCUT2D eigenvalue weighted by Crippen LogP contribution is -2.50. The summed E-state index contributed by atoms with van der Waals surface area (Å²) in [5, 5.41) is 11.4. The number of ether oxygens (including phenoxy) is 2. The van der Waals surface area contributed by atoms with Crippen LogP contribution in [0, 0.1) is 29.1 Å². The fourth-order valence-corrected chi connectivity index (χ4v) is 6.23. The first kappa shape index (κ1) is 19.3. The number of hydrogen-bond acceptors (Lipinski definition) is 4. The molecule has 4 nitrogen and oxygen atoms in total. The number of carbonyl (C=O) groups excluding carboxylic acids is 1. The summed E-state index contributed by atoms with van der Waals surface area (Å²) in [5.41, 5.74) is 1.51. The van der Waals surface area contributed by atoms with Gasteiger partial charge in [-0.05, 0) is 86.5 Å². The van der Waals surface area contributed by atoms with Gasteiger partial charge in [-0.3, -0.25) is 0 Å². The summed E-state index contributed by atoms with van der Waals surface area (Å²) < 4.78 is 10.3. The monoisotopic (exact) mass is 382 g/mol. The van der Waals surface area contributed by atoms with Gasteiger partial charge in [-0.1, -0.05) is 18.9 Å². The second-order valence-corrected chi connectivity index (χ2v) is 8.81. The number of rotatable bonds is 2. The topological polar surface area (TPSA) is 55.8 Å². The molecule has 3 aliphatic carbocycles. The molecule has 0 radical (unpaired) electrons. The third-order valence-electron chi connectivity index (χ3n) is 7.73. The van der Waals surface area contributed by atoms with E-state index in [0.717, 1.165) is 37.9 Å². The zero-order valence-electron chi connectivity index (χ0n) is 17.1. The maximum atomic E-state index is 11.7. The molecule has 0 aliphatic heterocycles. The average Bonchev–Trinajstić information content (AvgIpc) is 2.97. The van der Waals surface area contributed by atoms with E-state index in [2.05, 4.69) is 37.0 Å². The van der Waals surface area contributed by atoms with Crippen molar-refractivity contribution < 1.29 is 19.4 Å². The van der Waals surface area contributed by atoms with Crippen LogP contribution in [0.3, 0.4) is 0 Å². The van der Waals surface area contributed by atoms with E-state index in [4.69, 9.17) is 9.47 Å². The molecule has 1 aromatic rings. The molecule has 0 aromatic heterocycles. The van der Waals surface area contributed by atoms with Gasteiger partial charge in [0, 0.05) is 11.3 Å². The fourth-order valence-electron chi connectivity index (χ4n) is 6.23. The SMILES string of the molecule is CCOC(=O)C#C[C@]1(O)CCC2C3CCc4cc(OC)ccc4C3CC[C@@]21C. The summed E-state index contributed by atoms with van der Waals surface area (Å²) in [7, 11) is 1.72. The van der Waals surface area contributed by atoms with Crippen LogP contribution in [0.15, 0.2) is 18.2 Å². The second kappa shape index (κ2) is 7.12. The molecule has 2 saturated carbocycles. The number of methoxy groups -OCH3 is 1. The number of esters is 1. The Balaban J connectivity index is 1.61. The molecule has 5 atom stereocenters. The Morgan fingerprint density at radius 3 is 2.86 bits per heavy atom. The first-order valence-electron chi connectivity index (χ1n) is 10.5. The van der Waals surface area contributed by atoms with E-state index in [1.54, 1.807) is 14.0 Å². The summed E-state index contributed by atoms with van der Waals surface area (Å²) in [5.74, 6) is 7.41. The van der Waals surface area contributed by atoms with Gasteiger partial charge in [-0.15, -0.1) is 0 Å². The highest BCUT2D eigenvalue weighted by atomic mass is 16.5. The predicted molar refractivity (Wildman–Crippen MR) is 107 cm³/mol. The third kappa shape index (κ3) is 2.92. The standard InChI is InChI=1S/C24H30O4/c1-4-28-22(25)11-14-24(26)13-10-21-20-7-5-16-15-17(27-3)6-8-18(16)19(20)9-12-23(21,24)2/h6,8,15,19-21,26H,4-5,7,9-10,12-13H2,1-3H3/t19?,20?,21?,23-,24+/m0/s1. The number of aryl methyl sites for hydroxylation is 1. The lowest BCUT2D eigenvalue weighted by molar-refractivity contribution is -0.136. The van der Waals surface area contributed by atoms with Crippen LogP contribution in [0.5, 0.6) is 5.75 Å². The fraction of sp³-hybridized carbons (Fsp3) is 0.625. The van der Waals surface area contributed by atoms with E-state index in [9.17, 15) is 9.90 Å². The Bertz CT molecular complexity index is 835. The lowest BCUT2D eigenvalue weighted by Gasteiger charge is -2.52. The van der Waals surface area contributed by atoms with E-state index in [-0.39, 0.29) is 5.41 Å². The second-order valence-electron chi connectivity index (χ2n) is 8.81. The normalized spacial score (nSPS) is 35.6.